The Morgan fingerprint density at radius 2 is 2.20 bits per heavy atom. The zero-order valence-electron chi connectivity index (χ0n) is 10.2. The highest BCUT2D eigenvalue weighted by Crippen LogP contribution is 1.96. The Hall–Kier alpha value is -0.870. The van der Waals surface area contributed by atoms with Gasteiger partial charge >= 0.3 is 5.97 Å². The van der Waals surface area contributed by atoms with E-state index in [0.717, 1.165) is 26.1 Å². The van der Waals surface area contributed by atoms with Gasteiger partial charge in [0, 0.05) is 12.1 Å². The van der Waals surface area contributed by atoms with Gasteiger partial charge in [0.2, 0.25) is 0 Å². The Balaban J connectivity index is 3.77. The highest BCUT2D eigenvalue weighted by molar-refractivity contribution is 5.87. The first kappa shape index (κ1) is 14.1. The fourth-order valence-corrected chi connectivity index (χ4v) is 1.15. The predicted octanol–water partition coefficient (Wildman–Crippen LogP) is 0.647. The molecule has 15 heavy (non-hydrogen) atoms. The summed E-state index contributed by atoms with van der Waals surface area (Å²) >= 11 is 0. The second-order valence-corrected chi connectivity index (χ2v) is 3.60. The minimum Gasteiger partial charge on any atom is -0.466 e. The number of hydrogen-bond donors (Lipinski definition) is 1. The molecule has 0 aliphatic heterocycles. The number of esters is 1. The Morgan fingerprint density at radius 3 is 2.73 bits per heavy atom. The summed E-state index contributed by atoms with van der Waals surface area (Å²) in [7, 11) is 5.38. The molecule has 88 valence electrons. The summed E-state index contributed by atoms with van der Waals surface area (Å²) < 4.78 is 4.61. The molecule has 0 saturated heterocycles. The first-order chi connectivity index (χ1) is 7.11. The summed E-state index contributed by atoms with van der Waals surface area (Å²) in [6.45, 7) is 4.59. The van der Waals surface area contributed by atoms with Crippen LogP contribution in [0.3, 0.4) is 0 Å². The molecule has 0 bridgehead atoms. The fourth-order valence-electron chi connectivity index (χ4n) is 1.15. The van der Waals surface area contributed by atoms with Crippen molar-refractivity contribution in [1.29, 1.82) is 0 Å². The van der Waals surface area contributed by atoms with Gasteiger partial charge in [0.05, 0.1) is 7.11 Å². The van der Waals surface area contributed by atoms with E-state index in [1.54, 1.807) is 6.92 Å². The molecule has 0 amide bonds. The van der Waals surface area contributed by atoms with Crippen molar-refractivity contribution in [2.24, 2.45) is 0 Å². The van der Waals surface area contributed by atoms with Crippen LogP contribution in [0.15, 0.2) is 11.6 Å². The van der Waals surface area contributed by atoms with Crippen LogP contribution < -0.4 is 5.32 Å². The van der Waals surface area contributed by atoms with Crippen LogP contribution in [0.25, 0.3) is 0 Å². The monoisotopic (exact) mass is 214 g/mol. The van der Waals surface area contributed by atoms with Gasteiger partial charge in [-0.25, -0.2) is 4.79 Å². The van der Waals surface area contributed by atoms with E-state index in [-0.39, 0.29) is 5.97 Å². The minimum absolute atomic E-state index is 0.251. The first-order valence-electron chi connectivity index (χ1n) is 5.20. The molecular formula is C11H22N2O2. The van der Waals surface area contributed by atoms with Crippen LogP contribution in [-0.4, -0.2) is 51.7 Å². The quantitative estimate of drug-likeness (QED) is 0.384. The summed E-state index contributed by atoms with van der Waals surface area (Å²) in [5.74, 6) is -0.251. The van der Waals surface area contributed by atoms with Crippen molar-refractivity contribution in [2.75, 3.05) is 40.8 Å². The average molecular weight is 214 g/mol. The van der Waals surface area contributed by atoms with Crippen LogP contribution >= 0.6 is 0 Å². The van der Waals surface area contributed by atoms with Crippen molar-refractivity contribution in [3.63, 3.8) is 0 Å². The Bertz CT molecular complexity index is 215. The van der Waals surface area contributed by atoms with Crippen molar-refractivity contribution in [3.8, 4) is 0 Å². The lowest BCUT2D eigenvalue weighted by atomic mass is 10.3. The van der Waals surface area contributed by atoms with Crippen LogP contribution in [0.5, 0.6) is 0 Å². The van der Waals surface area contributed by atoms with E-state index in [0.29, 0.717) is 5.57 Å². The van der Waals surface area contributed by atoms with Gasteiger partial charge in [-0.1, -0.05) is 6.08 Å². The Morgan fingerprint density at radius 1 is 1.53 bits per heavy atom. The standard InChI is InChI=1S/C11H22N2O2/c1-10(11(14)15-4)6-9-13(3)8-5-7-12-2/h6,12H,5,7-9H2,1-4H3. The molecule has 1 N–H and O–H groups in total. The topological polar surface area (TPSA) is 41.6 Å². The second kappa shape index (κ2) is 8.44. The van der Waals surface area contributed by atoms with Crippen molar-refractivity contribution < 1.29 is 9.53 Å². The minimum atomic E-state index is -0.251. The number of rotatable bonds is 7. The van der Waals surface area contributed by atoms with E-state index in [9.17, 15) is 4.79 Å². The number of nitrogens with zero attached hydrogens (tertiary/aromatic N) is 1. The average Bonchev–Trinajstić information content (AvgIpc) is 2.25. The highest BCUT2D eigenvalue weighted by Gasteiger charge is 2.02. The first-order valence-corrected chi connectivity index (χ1v) is 5.20. The number of methoxy groups -OCH3 is 1. The van der Waals surface area contributed by atoms with E-state index in [4.69, 9.17) is 0 Å². The Kier molecular flexibility index (Phi) is 7.95. The lowest BCUT2D eigenvalue weighted by Gasteiger charge is -2.14. The van der Waals surface area contributed by atoms with Gasteiger partial charge in [0.15, 0.2) is 0 Å². The lowest BCUT2D eigenvalue weighted by Crippen LogP contribution is -2.23. The molecule has 0 rings (SSSR count). The molecular weight excluding hydrogens is 192 g/mol. The van der Waals surface area contributed by atoms with Gasteiger partial charge in [-0.05, 0) is 40.5 Å². The van der Waals surface area contributed by atoms with Gasteiger partial charge in [-0.2, -0.15) is 0 Å². The molecule has 0 aliphatic rings. The third-order valence-electron chi connectivity index (χ3n) is 2.18. The molecule has 4 heteroatoms. The molecule has 0 aromatic carbocycles. The summed E-state index contributed by atoms with van der Waals surface area (Å²) in [5, 5.41) is 3.10. The number of likely N-dealkylation sites (N-methyl/N-ethyl adjacent to an activating group) is 1. The van der Waals surface area contributed by atoms with E-state index in [1.165, 1.54) is 7.11 Å². The van der Waals surface area contributed by atoms with Gasteiger partial charge in [0.1, 0.15) is 0 Å². The van der Waals surface area contributed by atoms with E-state index in [1.807, 2.05) is 20.2 Å². The number of carbonyl (C=O) groups is 1. The van der Waals surface area contributed by atoms with E-state index >= 15 is 0 Å². The zero-order valence-corrected chi connectivity index (χ0v) is 10.2. The van der Waals surface area contributed by atoms with Crippen LogP contribution in [0, 0.1) is 0 Å². The van der Waals surface area contributed by atoms with Gasteiger partial charge in [-0.3, -0.25) is 0 Å². The lowest BCUT2D eigenvalue weighted by molar-refractivity contribution is -0.136. The maximum atomic E-state index is 11.1. The largest absolute Gasteiger partial charge is 0.466 e. The summed E-state index contributed by atoms with van der Waals surface area (Å²) in [5.41, 5.74) is 0.665. The molecule has 0 fully saturated rings. The Labute approximate surface area is 92.3 Å². The van der Waals surface area contributed by atoms with Crippen molar-refractivity contribution in [1.82, 2.24) is 10.2 Å². The molecule has 0 atom stereocenters. The molecule has 4 nitrogen and oxygen atoms in total. The molecule has 0 aliphatic carbocycles. The third kappa shape index (κ3) is 7.11. The van der Waals surface area contributed by atoms with E-state index in [2.05, 4.69) is 15.0 Å². The second-order valence-electron chi connectivity index (χ2n) is 3.60. The normalized spacial score (nSPS) is 11.9. The van der Waals surface area contributed by atoms with Crippen molar-refractivity contribution >= 4 is 5.97 Å². The summed E-state index contributed by atoms with van der Waals surface area (Å²) in [4.78, 5) is 13.2. The van der Waals surface area contributed by atoms with Crippen molar-refractivity contribution in [2.45, 2.75) is 13.3 Å². The van der Waals surface area contributed by atoms with Gasteiger partial charge in [0.25, 0.3) is 0 Å². The molecule has 0 spiro atoms. The highest BCUT2D eigenvalue weighted by atomic mass is 16.5. The van der Waals surface area contributed by atoms with Gasteiger partial charge in [-0.15, -0.1) is 0 Å². The number of ether oxygens (including phenoxy) is 1. The predicted molar refractivity (Wildman–Crippen MR) is 61.8 cm³/mol. The number of hydrogen-bond acceptors (Lipinski definition) is 4. The summed E-state index contributed by atoms with van der Waals surface area (Å²) in [6.07, 6.45) is 3.00. The third-order valence-corrected chi connectivity index (χ3v) is 2.18. The maximum Gasteiger partial charge on any atom is 0.333 e. The van der Waals surface area contributed by atoms with Crippen LogP contribution in [0.1, 0.15) is 13.3 Å². The zero-order chi connectivity index (χ0) is 11.7. The van der Waals surface area contributed by atoms with Crippen LogP contribution in [-0.2, 0) is 9.53 Å². The maximum absolute atomic E-state index is 11.1. The van der Waals surface area contributed by atoms with Crippen LogP contribution in [0.2, 0.25) is 0 Å². The molecule has 0 unspecified atom stereocenters. The van der Waals surface area contributed by atoms with E-state index < -0.39 is 0 Å². The van der Waals surface area contributed by atoms with Crippen molar-refractivity contribution in [3.05, 3.63) is 11.6 Å². The number of carbonyl (C=O) groups excluding carboxylic acids is 1. The molecule has 0 aromatic heterocycles. The van der Waals surface area contributed by atoms with Gasteiger partial charge < -0.3 is 15.0 Å². The fraction of sp³-hybridized carbons (Fsp3) is 0.727. The molecule has 0 aromatic rings. The molecule has 0 radical (unpaired) electrons. The molecule has 0 heterocycles. The van der Waals surface area contributed by atoms with Crippen LogP contribution in [0.4, 0.5) is 0 Å². The molecule has 0 saturated carbocycles. The smallest absolute Gasteiger partial charge is 0.333 e. The number of nitrogens with one attached hydrogen (secondary N) is 1. The SMILES string of the molecule is CNCCCN(C)CC=C(C)C(=O)OC. The summed E-state index contributed by atoms with van der Waals surface area (Å²) in [6, 6.07) is 0.